The molecule has 4 heteroatoms. The van der Waals surface area contributed by atoms with Gasteiger partial charge in [-0.1, -0.05) is 36.4 Å². The van der Waals surface area contributed by atoms with E-state index in [9.17, 15) is 4.57 Å². The molecule has 1 unspecified atom stereocenters. The minimum atomic E-state index is -2.97. The Balaban J connectivity index is 2.20. The minimum Gasteiger partial charge on any atom is -0.439 e. The van der Waals surface area contributed by atoms with E-state index in [1.807, 2.05) is 48.5 Å². The lowest BCUT2D eigenvalue weighted by Crippen LogP contribution is -2.20. The summed E-state index contributed by atoms with van der Waals surface area (Å²) < 4.78 is 18.8. The van der Waals surface area contributed by atoms with E-state index in [0.717, 1.165) is 16.4 Å². The van der Waals surface area contributed by atoms with Gasteiger partial charge < -0.3 is 9.37 Å². The zero-order valence-corrected chi connectivity index (χ0v) is 11.1. The van der Waals surface area contributed by atoms with Crippen LogP contribution in [0.2, 0.25) is 0 Å². The van der Waals surface area contributed by atoms with Crippen molar-refractivity contribution >= 4 is 12.7 Å². The highest BCUT2D eigenvalue weighted by Gasteiger charge is 2.36. The Kier molecular flexibility index (Phi) is 2.89. The van der Waals surface area contributed by atoms with E-state index in [4.69, 9.17) is 11.1 Å². The lowest BCUT2D eigenvalue weighted by atomic mass is 10.0. The van der Waals surface area contributed by atoms with Crippen molar-refractivity contribution in [1.29, 1.82) is 0 Å². The van der Waals surface area contributed by atoms with Crippen molar-refractivity contribution in [3.05, 3.63) is 59.9 Å². The summed E-state index contributed by atoms with van der Waals surface area (Å²) in [5.74, 6) is 0.648. The molecule has 0 aliphatic carbocycles. The van der Waals surface area contributed by atoms with Crippen LogP contribution in [0.25, 0.3) is 16.0 Å². The van der Waals surface area contributed by atoms with Gasteiger partial charge in [0, 0.05) is 5.56 Å². The van der Waals surface area contributed by atoms with Crippen molar-refractivity contribution in [1.82, 2.24) is 0 Å². The Morgan fingerprint density at radius 2 is 1.74 bits per heavy atom. The summed E-state index contributed by atoms with van der Waals surface area (Å²) in [5.41, 5.74) is 1.92. The molecule has 3 rings (SSSR count). The summed E-state index contributed by atoms with van der Waals surface area (Å²) in [6.45, 7) is 7.10. The van der Waals surface area contributed by atoms with Gasteiger partial charge in [0.05, 0.1) is 5.30 Å². The molecule has 0 aromatic heterocycles. The van der Waals surface area contributed by atoms with Crippen LogP contribution in [0.3, 0.4) is 0 Å². The van der Waals surface area contributed by atoms with Crippen LogP contribution in [0.4, 0.5) is 0 Å². The third-order valence-electron chi connectivity index (χ3n) is 3.20. The average molecular weight is 269 g/mol. The molecular weight excluding hydrogens is 257 g/mol. The molecule has 0 bridgehead atoms. The van der Waals surface area contributed by atoms with Crippen LogP contribution in [0.15, 0.2) is 48.5 Å². The van der Waals surface area contributed by atoms with Gasteiger partial charge in [0.2, 0.25) is 6.54 Å². The average Bonchev–Trinajstić information content (AvgIpc) is 2.46. The van der Waals surface area contributed by atoms with E-state index in [2.05, 4.69) is 4.85 Å². The van der Waals surface area contributed by atoms with Gasteiger partial charge in [-0.3, -0.25) is 4.57 Å². The Labute approximate surface area is 112 Å². The quantitative estimate of drug-likeness (QED) is 0.616. The summed E-state index contributed by atoms with van der Waals surface area (Å²) in [6, 6.07) is 15.2. The van der Waals surface area contributed by atoms with Crippen LogP contribution < -0.4 is 9.83 Å². The van der Waals surface area contributed by atoms with E-state index in [0.29, 0.717) is 5.75 Å². The zero-order chi connectivity index (χ0) is 13.3. The van der Waals surface area contributed by atoms with Gasteiger partial charge >= 0.3 is 0 Å². The third-order valence-corrected chi connectivity index (χ3v) is 5.60. The molecule has 1 aliphatic rings. The van der Waals surface area contributed by atoms with E-state index < -0.39 is 7.37 Å². The second-order valence-corrected chi connectivity index (χ2v) is 6.84. The lowest BCUT2D eigenvalue weighted by Gasteiger charge is -2.27. The Hall–Kier alpha value is -2.04. The van der Waals surface area contributed by atoms with Crippen molar-refractivity contribution in [3.8, 4) is 16.9 Å². The molecule has 19 heavy (non-hydrogen) atoms. The molecule has 1 heterocycles. The van der Waals surface area contributed by atoms with Crippen LogP contribution in [-0.2, 0) is 4.57 Å². The maximum atomic E-state index is 13.0. The highest BCUT2D eigenvalue weighted by molar-refractivity contribution is 7.67. The van der Waals surface area contributed by atoms with Crippen LogP contribution in [0.5, 0.6) is 5.75 Å². The number of hydrogen-bond donors (Lipinski definition) is 0. The van der Waals surface area contributed by atoms with E-state index in [1.54, 1.807) is 0 Å². The molecule has 3 nitrogen and oxygen atoms in total. The highest BCUT2D eigenvalue weighted by atomic mass is 31.2. The Bertz CT molecular complexity index is 718. The van der Waals surface area contributed by atoms with Gasteiger partial charge in [-0.25, -0.2) is 6.57 Å². The summed E-state index contributed by atoms with van der Waals surface area (Å²) >= 11 is 0. The lowest BCUT2D eigenvalue weighted by molar-refractivity contribution is 0.492. The molecule has 94 valence electrons. The summed E-state index contributed by atoms with van der Waals surface area (Å²) in [5, 5.41) is 0.734. The van der Waals surface area contributed by atoms with Gasteiger partial charge in [0.15, 0.2) is 0 Å². The van der Waals surface area contributed by atoms with Gasteiger partial charge in [0.1, 0.15) is 11.9 Å². The number of fused-ring (bicyclic) bond motifs is 3. The molecule has 0 fully saturated rings. The standard InChI is InChI=1S/C15H12NO2P/c1-16-10-11-19(17)15-9-5-3-7-13(15)12-6-2-4-8-14(12)18-19/h2-9H,10-11H2. The monoisotopic (exact) mass is 269 g/mol. The number of rotatable bonds is 2. The fraction of sp³-hybridized carbons (Fsp3) is 0.133. The van der Waals surface area contributed by atoms with Gasteiger partial charge in [0.25, 0.3) is 7.37 Å². The van der Waals surface area contributed by atoms with Crippen LogP contribution in [-0.4, -0.2) is 12.7 Å². The third kappa shape index (κ3) is 1.95. The molecule has 0 saturated heterocycles. The number of nitrogens with zero attached hydrogens (tertiary/aromatic N) is 1. The largest absolute Gasteiger partial charge is 0.439 e. The first-order valence-electron chi connectivity index (χ1n) is 6.05. The van der Waals surface area contributed by atoms with Crippen LogP contribution in [0, 0.1) is 6.57 Å². The van der Waals surface area contributed by atoms with Gasteiger partial charge in [-0.05, 0) is 17.7 Å². The normalized spacial score (nSPS) is 19.7. The smallest absolute Gasteiger partial charge is 0.285 e. The first-order chi connectivity index (χ1) is 9.24. The van der Waals surface area contributed by atoms with E-state index >= 15 is 0 Å². The molecule has 0 amide bonds. The molecular formula is C15H12NO2P. The van der Waals surface area contributed by atoms with Gasteiger partial charge in [-0.15, -0.1) is 0 Å². The predicted octanol–water partition coefficient (Wildman–Crippen LogP) is 3.57. The SMILES string of the molecule is [C-]#[N+]CCP1(=O)Oc2ccccc2-c2ccccc21. The second kappa shape index (κ2) is 4.57. The Morgan fingerprint density at radius 1 is 1.05 bits per heavy atom. The summed E-state index contributed by atoms with van der Waals surface area (Å²) in [4.78, 5) is 3.30. The van der Waals surface area contributed by atoms with Crippen LogP contribution >= 0.6 is 7.37 Å². The second-order valence-electron chi connectivity index (χ2n) is 4.38. The van der Waals surface area contributed by atoms with E-state index in [-0.39, 0.29) is 12.7 Å². The molecule has 2 aromatic rings. The van der Waals surface area contributed by atoms with Crippen molar-refractivity contribution < 1.29 is 9.09 Å². The maximum absolute atomic E-state index is 13.0. The highest BCUT2D eigenvalue weighted by Crippen LogP contribution is 2.54. The fourth-order valence-corrected chi connectivity index (χ4v) is 4.47. The van der Waals surface area contributed by atoms with Crippen molar-refractivity contribution in [2.24, 2.45) is 0 Å². The molecule has 0 N–H and O–H groups in total. The zero-order valence-electron chi connectivity index (χ0n) is 10.2. The molecule has 1 atom stereocenters. The summed E-state index contributed by atoms with van der Waals surface area (Å²) in [7, 11) is -2.97. The van der Waals surface area contributed by atoms with Crippen LogP contribution in [0.1, 0.15) is 0 Å². The molecule has 2 aromatic carbocycles. The van der Waals surface area contributed by atoms with E-state index in [1.165, 1.54) is 0 Å². The maximum Gasteiger partial charge on any atom is 0.285 e. The molecule has 0 radical (unpaired) electrons. The molecule has 0 spiro atoms. The topological polar surface area (TPSA) is 30.7 Å². The minimum absolute atomic E-state index is 0.216. The Morgan fingerprint density at radius 3 is 2.53 bits per heavy atom. The first-order valence-corrected chi connectivity index (χ1v) is 7.86. The number of para-hydroxylation sites is 1. The van der Waals surface area contributed by atoms with Crippen molar-refractivity contribution in [3.63, 3.8) is 0 Å². The number of benzene rings is 2. The predicted molar refractivity (Wildman–Crippen MR) is 76.1 cm³/mol. The van der Waals surface area contributed by atoms with Crippen molar-refractivity contribution in [2.75, 3.05) is 12.7 Å². The number of hydrogen-bond acceptors (Lipinski definition) is 2. The molecule has 0 saturated carbocycles. The molecule has 1 aliphatic heterocycles. The van der Waals surface area contributed by atoms with Crippen molar-refractivity contribution in [2.45, 2.75) is 0 Å². The van der Waals surface area contributed by atoms with Gasteiger partial charge in [-0.2, -0.15) is 0 Å². The summed E-state index contributed by atoms with van der Waals surface area (Å²) in [6.07, 6.45) is 0.266. The fourth-order valence-electron chi connectivity index (χ4n) is 2.32. The first kappa shape index (κ1) is 12.0.